The number of aromatic nitrogens is 3. The molecule has 39 heavy (non-hydrogen) atoms. The van der Waals surface area contributed by atoms with Gasteiger partial charge in [0.1, 0.15) is 5.82 Å². The third-order valence-electron chi connectivity index (χ3n) is 6.73. The van der Waals surface area contributed by atoms with Crippen LogP contribution in [-0.2, 0) is 9.59 Å². The van der Waals surface area contributed by atoms with Crippen LogP contribution in [0.25, 0.3) is 5.57 Å². The highest BCUT2D eigenvalue weighted by Gasteiger charge is 2.37. The summed E-state index contributed by atoms with van der Waals surface area (Å²) in [7, 11) is 0. The van der Waals surface area contributed by atoms with Crippen LogP contribution >= 0.6 is 35.0 Å². The Hall–Kier alpha value is -3.39. The Morgan fingerprint density at radius 1 is 1.03 bits per heavy atom. The largest absolute Gasteiger partial charge is 0.325 e. The van der Waals surface area contributed by atoms with E-state index in [0.29, 0.717) is 33.1 Å². The number of allylic oxidation sites excluding steroid dienone is 2. The molecule has 2 atom stereocenters. The number of nitrogens with zero attached hydrogens (tertiary/aromatic N) is 2. The van der Waals surface area contributed by atoms with Crippen molar-refractivity contribution < 1.29 is 9.59 Å². The van der Waals surface area contributed by atoms with Gasteiger partial charge in [-0.25, -0.2) is 4.98 Å². The number of hydrogen-bond donors (Lipinski definition) is 2. The minimum atomic E-state index is -0.537. The summed E-state index contributed by atoms with van der Waals surface area (Å²) in [5.74, 6) is -0.321. The maximum atomic E-state index is 13.6. The predicted molar refractivity (Wildman–Crippen MR) is 158 cm³/mol. The Morgan fingerprint density at radius 3 is 2.41 bits per heavy atom. The van der Waals surface area contributed by atoms with E-state index in [1.165, 1.54) is 17.3 Å². The van der Waals surface area contributed by atoms with Crippen molar-refractivity contribution in [1.29, 1.82) is 0 Å². The van der Waals surface area contributed by atoms with Gasteiger partial charge in [-0.1, -0.05) is 70.9 Å². The molecule has 1 aromatic heterocycles. The maximum Gasteiger partial charge on any atom is 0.234 e. The smallest absolute Gasteiger partial charge is 0.234 e. The van der Waals surface area contributed by atoms with Gasteiger partial charge in [0.25, 0.3) is 0 Å². The molecule has 2 N–H and O–H groups in total. The Kier molecular flexibility index (Phi) is 8.21. The van der Waals surface area contributed by atoms with E-state index >= 15 is 0 Å². The lowest BCUT2D eigenvalue weighted by Gasteiger charge is -2.30. The van der Waals surface area contributed by atoms with Gasteiger partial charge in [0.05, 0.1) is 11.7 Å². The van der Waals surface area contributed by atoms with Crippen molar-refractivity contribution in [1.82, 2.24) is 15.2 Å². The number of nitrogens with one attached hydrogen (secondary N) is 2. The van der Waals surface area contributed by atoms with Gasteiger partial charge in [0.2, 0.25) is 11.1 Å². The van der Waals surface area contributed by atoms with Gasteiger partial charge in [0, 0.05) is 21.7 Å². The van der Waals surface area contributed by atoms with E-state index in [4.69, 9.17) is 23.2 Å². The molecular weight excluding hydrogens is 551 g/mol. The topological polar surface area (TPSA) is 87.7 Å². The van der Waals surface area contributed by atoms with E-state index in [1.807, 2.05) is 24.3 Å². The highest BCUT2D eigenvalue weighted by Crippen LogP contribution is 2.44. The van der Waals surface area contributed by atoms with Crippen LogP contribution in [-0.4, -0.2) is 32.6 Å². The second kappa shape index (κ2) is 11.8. The first-order valence-corrected chi connectivity index (χ1v) is 14.2. The maximum absolute atomic E-state index is 13.6. The van der Waals surface area contributed by atoms with E-state index in [-0.39, 0.29) is 23.4 Å². The summed E-state index contributed by atoms with van der Waals surface area (Å²) < 4.78 is 0. The minimum absolute atomic E-state index is 0.0376. The van der Waals surface area contributed by atoms with Crippen molar-refractivity contribution in [3.05, 3.63) is 111 Å². The zero-order chi connectivity index (χ0) is 27.5. The molecule has 0 aliphatic heterocycles. The second-order valence-electron chi connectivity index (χ2n) is 9.58. The number of aromatic amines is 1. The molecule has 5 rings (SSSR count). The quantitative estimate of drug-likeness (QED) is 0.224. The number of anilines is 1. The van der Waals surface area contributed by atoms with Crippen LogP contribution in [0.4, 0.5) is 5.69 Å². The van der Waals surface area contributed by atoms with Crippen molar-refractivity contribution in [3.8, 4) is 0 Å². The Balaban J connectivity index is 1.37. The summed E-state index contributed by atoms with van der Waals surface area (Å²) in [5, 5.41) is 11.7. The SMILES string of the molecule is Cc1ccc(C2=CC(=O)C(c3nc(SCC(=O)Nc4ccc(Cl)cc4)n[nH]3)C(c3ccc(Cl)cc3)C2)c(C)c1. The Morgan fingerprint density at radius 2 is 1.72 bits per heavy atom. The fourth-order valence-corrected chi connectivity index (χ4v) is 5.76. The molecule has 0 fully saturated rings. The normalized spacial score (nSPS) is 17.1. The number of aryl methyl sites for hydroxylation is 2. The molecule has 1 aliphatic carbocycles. The van der Waals surface area contributed by atoms with Crippen molar-refractivity contribution in [3.63, 3.8) is 0 Å². The van der Waals surface area contributed by atoms with Gasteiger partial charge in [-0.3, -0.25) is 14.7 Å². The highest BCUT2D eigenvalue weighted by atomic mass is 35.5. The van der Waals surface area contributed by atoms with Gasteiger partial charge in [-0.15, -0.1) is 5.10 Å². The van der Waals surface area contributed by atoms with E-state index < -0.39 is 5.92 Å². The molecule has 6 nitrogen and oxygen atoms in total. The monoisotopic (exact) mass is 576 g/mol. The highest BCUT2D eigenvalue weighted by molar-refractivity contribution is 7.99. The van der Waals surface area contributed by atoms with Crippen LogP contribution in [0.2, 0.25) is 10.0 Å². The van der Waals surface area contributed by atoms with Crippen LogP contribution in [0.5, 0.6) is 0 Å². The number of ketones is 1. The number of halogens is 2. The number of carbonyl (C=O) groups excluding carboxylic acids is 2. The van der Waals surface area contributed by atoms with Gasteiger partial charge in [0.15, 0.2) is 5.78 Å². The Labute approximate surface area is 241 Å². The molecule has 1 heterocycles. The number of hydrogen-bond acceptors (Lipinski definition) is 5. The number of thioether (sulfide) groups is 1. The Bertz CT molecular complexity index is 1550. The molecule has 1 amide bonds. The van der Waals surface area contributed by atoms with E-state index in [2.05, 4.69) is 52.5 Å². The number of rotatable bonds is 7. The molecule has 9 heteroatoms. The van der Waals surface area contributed by atoms with Gasteiger partial charge in [-0.05, 0) is 85.0 Å². The molecule has 1 aliphatic rings. The fourth-order valence-electron chi connectivity index (χ4n) is 4.90. The van der Waals surface area contributed by atoms with Crippen LogP contribution in [0.1, 0.15) is 46.3 Å². The second-order valence-corrected chi connectivity index (χ2v) is 11.4. The lowest BCUT2D eigenvalue weighted by molar-refractivity contribution is -0.117. The zero-order valence-corrected chi connectivity index (χ0v) is 23.7. The number of amides is 1. The molecule has 0 saturated carbocycles. The van der Waals surface area contributed by atoms with Gasteiger partial charge >= 0.3 is 0 Å². The van der Waals surface area contributed by atoms with E-state index in [0.717, 1.165) is 22.3 Å². The third-order valence-corrected chi connectivity index (χ3v) is 8.08. The lowest BCUT2D eigenvalue weighted by Crippen LogP contribution is -2.25. The van der Waals surface area contributed by atoms with E-state index in [9.17, 15) is 9.59 Å². The molecule has 0 bridgehead atoms. The molecule has 0 radical (unpaired) electrons. The summed E-state index contributed by atoms with van der Waals surface area (Å²) in [6, 6.07) is 20.8. The van der Waals surface area contributed by atoms with Crippen LogP contribution in [0.15, 0.2) is 78.0 Å². The molecule has 4 aromatic rings. The van der Waals surface area contributed by atoms with Gasteiger partial charge < -0.3 is 5.32 Å². The number of carbonyl (C=O) groups is 2. The van der Waals surface area contributed by atoms with Gasteiger partial charge in [-0.2, -0.15) is 0 Å². The summed E-state index contributed by atoms with van der Waals surface area (Å²) in [5.41, 5.74) is 6.05. The molecule has 3 aromatic carbocycles. The van der Waals surface area contributed by atoms with Crippen molar-refractivity contribution in [2.24, 2.45) is 0 Å². The van der Waals surface area contributed by atoms with Crippen LogP contribution in [0, 0.1) is 13.8 Å². The van der Waals surface area contributed by atoms with Crippen LogP contribution < -0.4 is 5.32 Å². The molecular formula is C30H26Cl2N4O2S. The van der Waals surface area contributed by atoms with Crippen molar-refractivity contribution in [2.75, 3.05) is 11.1 Å². The van der Waals surface area contributed by atoms with Crippen molar-refractivity contribution >= 4 is 57.9 Å². The lowest BCUT2D eigenvalue weighted by atomic mass is 9.73. The summed E-state index contributed by atoms with van der Waals surface area (Å²) in [4.78, 5) is 30.7. The molecule has 0 saturated heterocycles. The fraction of sp³-hybridized carbons (Fsp3) is 0.200. The first-order valence-electron chi connectivity index (χ1n) is 12.4. The summed E-state index contributed by atoms with van der Waals surface area (Å²) in [6.45, 7) is 4.13. The number of H-pyrrole nitrogens is 1. The first-order chi connectivity index (χ1) is 18.8. The number of benzene rings is 3. The first kappa shape index (κ1) is 27.2. The average Bonchev–Trinajstić information content (AvgIpc) is 3.37. The van der Waals surface area contributed by atoms with E-state index in [1.54, 1.807) is 30.3 Å². The molecule has 0 spiro atoms. The molecule has 2 unspecified atom stereocenters. The predicted octanol–water partition coefficient (Wildman–Crippen LogP) is 7.38. The van der Waals surface area contributed by atoms with Crippen LogP contribution in [0.3, 0.4) is 0 Å². The zero-order valence-electron chi connectivity index (χ0n) is 21.4. The molecule has 198 valence electrons. The van der Waals surface area contributed by atoms with Crippen molar-refractivity contribution in [2.45, 2.75) is 37.3 Å². The summed E-state index contributed by atoms with van der Waals surface area (Å²) >= 11 is 13.3. The minimum Gasteiger partial charge on any atom is -0.325 e. The average molecular weight is 578 g/mol. The summed E-state index contributed by atoms with van der Waals surface area (Å²) in [6.07, 6.45) is 2.40. The standard InChI is InChI=1S/C30H26Cl2N4O2S/c1-17-3-12-24(18(2)13-17)20-14-25(19-4-6-21(31)7-5-19)28(26(37)15-20)29-34-30(36-35-29)39-16-27(38)33-23-10-8-22(32)9-11-23/h3-13,15,25,28H,14,16H2,1-2H3,(H,33,38)(H,34,35,36). The third kappa shape index (κ3) is 6.44.